The number of carbonyl (C=O) groups excluding carboxylic acids is 1. The first-order chi connectivity index (χ1) is 14.4. The van der Waals surface area contributed by atoms with Crippen molar-refractivity contribution >= 4 is 29.1 Å². The number of benzene rings is 1. The van der Waals surface area contributed by atoms with Gasteiger partial charge in [-0.3, -0.25) is 4.79 Å². The van der Waals surface area contributed by atoms with Gasteiger partial charge in [-0.05, 0) is 45.0 Å². The minimum absolute atomic E-state index is 0.0493. The molecule has 0 saturated carbocycles. The number of aromatic nitrogens is 5. The molecule has 0 aliphatic heterocycles. The van der Waals surface area contributed by atoms with E-state index >= 15 is 0 Å². The SMILES string of the molecule is Cc1nc2c(F)cc(-c3nc(Nc4cccc(C=O)n4)ncc3F)cc2n1C(C)C. The Morgan fingerprint density at radius 2 is 1.90 bits per heavy atom. The van der Waals surface area contributed by atoms with E-state index < -0.39 is 11.6 Å². The second-order valence-corrected chi connectivity index (χ2v) is 7.03. The maximum Gasteiger partial charge on any atom is 0.229 e. The second-order valence-electron chi connectivity index (χ2n) is 7.03. The lowest BCUT2D eigenvalue weighted by atomic mass is 10.1. The van der Waals surface area contributed by atoms with Crippen molar-refractivity contribution in [2.75, 3.05) is 5.32 Å². The second kappa shape index (κ2) is 7.58. The predicted molar refractivity (Wildman–Crippen MR) is 109 cm³/mol. The molecule has 1 N–H and O–H groups in total. The molecule has 0 bridgehead atoms. The van der Waals surface area contributed by atoms with Crippen LogP contribution in [0.3, 0.4) is 0 Å². The van der Waals surface area contributed by atoms with Crippen LogP contribution in [0.15, 0.2) is 36.5 Å². The summed E-state index contributed by atoms with van der Waals surface area (Å²) < 4.78 is 31.2. The molecule has 0 saturated heterocycles. The topological polar surface area (TPSA) is 85.6 Å². The van der Waals surface area contributed by atoms with E-state index in [9.17, 15) is 13.6 Å². The molecule has 4 rings (SSSR count). The van der Waals surface area contributed by atoms with Crippen LogP contribution in [0.5, 0.6) is 0 Å². The quantitative estimate of drug-likeness (QED) is 0.485. The molecule has 4 aromatic rings. The largest absolute Gasteiger partial charge is 0.326 e. The van der Waals surface area contributed by atoms with Crippen LogP contribution >= 0.6 is 0 Å². The Labute approximate surface area is 170 Å². The summed E-state index contributed by atoms with van der Waals surface area (Å²) in [5.41, 5.74) is 1.22. The van der Waals surface area contributed by atoms with Crippen LogP contribution in [0, 0.1) is 18.6 Å². The highest BCUT2D eigenvalue weighted by Gasteiger charge is 2.18. The van der Waals surface area contributed by atoms with Crippen molar-refractivity contribution in [1.82, 2.24) is 24.5 Å². The van der Waals surface area contributed by atoms with Gasteiger partial charge < -0.3 is 9.88 Å². The fourth-order valence-corrected chi connectivity index (χ4v) is 3.39. The fraction of sp³-hybridized carbons (Fsp3) is 0.190. The van der Waals surface area contributed by atoms with E-state index in [2.05, 4.69) is 25.3 Å². The summed E-state index contributed by atoms with van der Waals surface area (Å²) in [4.78, 5) is 27.4. The molecule has 0 aliphatic rings. The Kier molecular flexibility index (Phi) is 4.94. The van der Waals surface area contributed by atoms with Crippen molar-refractivity contribution in [3.63, 3.8) is 0 Å². The molecule has 0 radical (unpaired) electrons. The standard InChI is InChI=1S/C21H18F2N6O/c1-11(2)29-12(3)25-20-15(22)7-13(8-17(20)29)19-16(23)9-24-21(28-19)27-18-6-4-5-14(10-30)26-18/h4-11H,1-3H3,(H,24,26,27,28). The van der Waals surface area contributed by atoms with Gasteiger partial charge in [0.1, 0.15) is 28.5 Å². The summed E-state index contributed by atoms with van der Waals surface area (Å²) in [7, 11) is 0. The maximum atomic E-state index is 14.8. The molecule has 0 atom stereocenters. The van der Waals surface area contributed by atoms with Crippen LogP contribution in [0.4, 0.5) is 20.5 Å². The summed E-state index contributed by atoms with van der Waals surface area (Å²) >= 11 is 0. The Morgan fingerprint density at radius 1 is 1.10 bits per heavy atom. The van der Waals surface area contributed by atoms with Crippen molar-refractivity contribution in [2.24, 2.45) is 0 Å². The summed E-state index contributed by atoms with van der Waals surface area (Å²) in [5, 5.41) is 2.83. The van der Waals surface area contributed by atoms with E-state index in [1.54, 1.807) is 31.2 Å². The van der Waals surface area contributed by atoms with Gasteiger partial charge in [0.15, 0.2) is 17.9 Å². The van der Waals surface area contributed by atoms with E-state index in [1.807, 2.05) is 18.4 Å². The van der Waals surface area contributed by atoms with Gasteiger partial charge in [-0.2, -0.15) is 0 Å². The van der Waals surface area contributed by atoms with Crippen molar-refractivity contribution in [3.8, 4) is 11.3 Å². The Morgan fingerprint density at radius 3 is 2.63 bits per heavy atom. The highest BCUT2D eigenvalue weighted by molar-refractivity contribution is 5.83. The summed E-state index contributed by atoms with van der Waals surface area (Å²) in [6.45, 7) is 5.73. The number of nitrogens with one attached hydrogen (secondary N) is 1. The Bertz CT molecular complexity index is 1270. The molecule has 30 heavy (non-hydrogen) atoms. The lowest BCUT2D eigenvalue weighted by Crippen LogP contribution is -2.04. The number of hydrogen-bond acceptors (Lipinski definition) is 6. The van der Waals surface area contributed by atoms with Crippen LogP contribution in [0.25, 0.3) is 22.3 Å². The summed E-state index contributed by atoms with van der Waals surface area (Å²) in [6, 6.07) is 7.73. The van der Waals surface area contributed by atoms with Crippen LogP contribution in [0.1, 0.15) is 36.2 Å². The third-order valence-electron chi connectivity index (χ3n) is 4.59. The van der Waals surface area contributed by atoms with E-state index in [0.29, 0.717) is 23.4 Å². The molecular formula is C21H18F2N6O. The summed E-state index contributed by atoms with van der Waals surface area (Å²) in [6.07, 6.45) is 1.61. The van der Waals surface area contributed by atoms with Gasteiger partial charge in [-0.15, -0.1) is 0 Å². The number of carbonyl (C=O) groups is 1. The van der Waals surface area contributed by atoms with Crippen molar-refractivity contribution in [2.45, 2.75) is 26.8 Å². The smallest absolute Gasteiger partial charge is 0.229 e. The molecule has 0 spiro atoms. The van der Waals surface area contributed by atoms with Gasteiger partial charge in [0.2, 0.25) is 5.95 Å². The van der Waals surface area contributed by atoms with Gasteiger partial charge in [0, 0.05) is 11.6 Å². The number of rotatable bonds is 5. The average molecular weight is 408 g/mol. The van der Waals surface area contributed by atoms with Crippen molar-refractivity contribution < 1.29 is 13.6 Å². The monoisotopic (exact) mass is 408 g/mol. The molecule has 0 amide bonds. The Hall–Kier alpha value is -3.75. The van der Waals surface area contributed by atoms with E-state index in [4.69, 9.17) is 0 Å². The maximum absolute atomic E-state index is 14.8. The first-order valence-corrected chi connectivity index (χ1v) is 9.27. The van der Waals surface area contributed by atoms with Gasteiger partial charge in [0.25, 0.3) is 0 Å². The molecule has 152 valence electrons. The third kappa shape index (κ3) is 3.49. The zero-order chi connectivity index (χ0) is 21.4. The minimum Gasteiger partial charge on any atom is -0.326 e. The molecule has 3 heterocycles. The van der Waals surface area contributed by atoms with Gasteiger partial charge in [-0.1, -0.05) is 6.07 Å². The molecule has 1 aromatic carbocycles. The number of halogens is 2. The highest BCUT2D eigenvalue weighted by Crippen LogP contribution is 2.30. The number of pyridine rings is 1. The number of aryl methyl sites for hydroxylation is 1. The molecular weight excluding hydrogens is 390 g/mol. The number of aldehydes is 1. The van der Waals surface area contributed by atoms with Crippen LogP contribution in [0.2, 0.25) is 0 Å². The third-order valence-corrected chi connectivity index (χ3v) is 4.59. The first kappa shape index (κ1) is 19.6. The number of hydrogen-bond donors (Lipinski definition) is 1. The van der Waals surface area contributed by atoms with Gasteiger partial charge in [0.05, 0.1) is 11.7 Å². The molecule has 3 aromatic heterocycles. The van der Waals surface area contributed by atoms with Crippen molar-refractivity contribution in [3.05, 3.63) is 59.7 Å². The van der Waals surface area contributed by atoms with Gasteiger partial charge in [-0.25, -0.2) is 28.7 Å². The zero-order valence-electron chi connectivity index (χ0n) is 16.5. The molecule has 9 heteroatoms. The number of fused-ring (bicyclic) bond motifs is 1. The molecule has 0 fully saturated rings. The summed E-state index contributed by atoms with van der Waals surface area (Å²) in [5.74, 6) is -0.190. The van der Waals surface area contributed by atoms with E-state index in [1.165, 1.54) is 6.07 Å². The Balaban J connectivity index is 1.80. The molecule has 7 nitrogen and oxygen atoms in total. The number of nitrogens with zero attached hydrogens (tertiary/aromatic N) is 5. The van der Waals surface area contributed by atoms with Gasteiger partial charge >= 0.3 is 0 Å². The van der Waals surface area contributed by atoms with Crippen LogP contribution in [-0.2, 0) is 0 Å². The normalized spacial score (nSPS) is 11.3. The van der Waals surface area contributed by atoms with Crippen molar-refractivity contribution in [1.29, 1.82) is 0 Å². The number of anilines is 2. The molecule has 0 unspecified atom stereocenters. The predicted octanol–water partition coefficient (Wildman–Crippen LogP) is 4.61. The van der Waals surface area contributed by atoms with Crippen LogP contribution in [-0.4, -0.2) is 30.8 Å². The fourth-order valence-electron chi connectivity index (χ4n) is 3.39. The zero-order valence-corrected chi connectivity index (χ0v) is 16.5. The van der Waals surface area contributed by atoms with E-state index in [-0.39, 0.29) is 34.5 Å². The average Bonchev–Trinajstić information content (AvgIpc) is 3.06. The van der Waals surface area contributed by atoms with E-state index in [0.717, 1.165) is 6.20 Å². The number of imidazole rings is 1. The minimum atomic E-state index is -0.693. The first-order valence-electron chi connectivity index (χ1n) is 9.27. The molecule has 0 aliphatic carbocycles. The lowest BCUT2D eigenvalue weighted by Gasteiger charge is -2.12. The van der Waals surface area contributed by atoms with Crippen LogP contribution < -0.4 is 5.32 Å². The highest BCUT2D eigenvalue weighted by atomic mass is 19.1. The lowest BCUT2D eigenvalue weighted by molar-refractivity contribution is 0.111.